The van der Waals surface area contributed by atoms with Crippen LogP contribution in [-0.2, 0) is 83.5 Å². The monoisotopic (exact) mass is 1100 g/mol. The van der Waals surface area contributed by atoms with Crippen molar-refractivity contribution in [3.63, 3.8) is 0 Å². The Morgan fingerprint density at radius 2 is 1.09 bits per heavy atom. The summed E-state index contributed by atoms with van der Waals surface area (Å²) in [5.74, 6) is -5.83. The second-order valence-electron chi connectivity index (χ2n) is 20.7. The first kappa shape index (κ1) is 64.9. The summed E-state index contributed by atoms with van der Waals surface area (Å²) in [6, 6.07) is -0.898. The molecule has 10 atom stereocenters. The normalized spacial score (nSPS) is 32.5. The van der Waals surface area contributed by atoms with Crippen molar-refractivity contribution in [2.45, 2.75) is 138 Å². The number of hydrogen-bond donors (Lipinski definition) is 0. The number of nitrogens with zero attached hydrogens (tertiary/aromatic N) is 6. The summed E-state index contributed by atoms with van der Waals surface area (Å²) in [7, 11) is 9.17. The Hall–Kier alpha value is -6.19. The molecular formula is C54H73CoN6O14. The van der Waals surface area contributed by atoms with Crippen LogP contribution in [0.5, 0.6) is 0 Å². The van der Waals surface area contributed by atoms with E-state index in [-0.39, 0.29) is 81.0 Å². The molecule has 5 aliphatic heterocycles. The Morgan fingerprint density at radius 1 is 0.640 bits per heavy atom. The van der Waals surface area contributed by atoms with Gasteiger partial charge in [0, 0.05) is 82.5 Å². The van der Waals surface area contributed by atoms with Gasteiger partial charge in [0.1, 0.15) is 0 Å². The Kier molecular flexibility index (Phi) is 23.0. The maximum Gasteiger partial charge on any atom is 3.00 e. The molecule has 0 amide bonds. The summed E-state index contributed by atoms with van der Waals surface area (Å²) >= 11 is 0. The number of rotatable bonds is 18. The first-order valence-corrected chi connectivity index (χ1v) is 24.4. The maximum atomic E-state index is 14.0. The second kappa shape index (κ2) is 26.5. The molecule has 5 heterocycles. The summed E-state index contributed by atoms with van der Waals surface area (Å²) in [5, 5.41) is 17.9. The molecule has 21 heteroatoms. The van der Waals surface area contributed by atoms with Crippen molar-refractivity contribution in [1.82, 2.24) is 0 Å². The van der Waals surface area contributed by atoms with Gasteiger partial charge in [0.2, 0.25) is 0 Å². The molecule has 1 fully saturated rings. The Bertz CT molecular complexity index is 2450. The van der Waals surface area contributed by atoms with Crippen LogP contribution in [0.3, 0.4) is 0 Å². The third-order valence-electron chi connectivity index (χ3n) is 16.7. The molecule has 0 aromatic carbocycles. The number of methoxy groups -OCH3 is 7. The molecule has 20 nitrogen and oxygen atoms in total. The van der Waals surface area contributed by atoms with Gasteiger partial charge in [0.05, 0.1) is 80.6 Å². The Morgan fingerprint density at radius 3 is 1.59 bits per heavy atom. The molecule has 0 aliphatic carbocycles. The van der Waals surface area contributed by atoms with E-state index in [0.717, 1.165) is 0 Å². The van der Waals surface area contributed by atoms with Gasteiger partial charge in [-0.25, -0.2) is 0 Å². The van der Waals surface area contributed by atoms with Crippen molar-refractivity contribution in [2.24, 2.45) is 60.3 Å². The van der Waals surface area contributed by atoms with Crippen molar-refractivity contribution >= 4 is 58.9 Å². The quantitative estimate of drug-likeness (QED) is 0.0729. The van der Waals surface area contributed by atoms with Crippen LogP contribution in [0.25, 0.3) is 5.32 Å². The molecule has 0 aromatic rings. The largest absolute Gasteiger partial charge is 3.00 e. The van der Waals surface area contributed by atoms with E-state index in [0.29, 0.717) is 51.8 Å². The van der Waals surface area contributed by atoms with Crippen LogP contribution >= 0.6 is 0 Å². The van der Waals surface area contributed by atoms with Crippen LogP contribution in [0, 0.1) is 69.0 Å². The average molecular weight is 1100 g/mol. The molecule has 0 spiro atoms. The second-order valence-corrected chi connectivity index (χ2v) is 20.7. The van der Waals surface area contributed by atoms with E-state index in [9.17, 15) is 33.6 Å². The SMILES string of the molecule is COC(=O)CC[C@@H]1C2=C(\[14CH3])C3=N[C@H]([C@H](CC(=O)OC)[C@@]3([14CH3])CCC(=O)OC)[C@]3([14CH3])N=C(/C([14CH3])=C4\[N-]\C(=C/C(=N\2)[C@]1(C)[14CH3])[C@@H](CCC(=O)OC)[C@]4(C)CC(=O)OC)[C@@H](CCC(=O)OC)[C@]3(C)CC(=O)OC.[60Co+3].[C-]#N.[C-]#N. The number of carbonyl (C=O) groups excluding carboxylic acids is 7. The van der Waals surface area contributed by atoms with Crippen LogP contribution in [0.1, 0.15) is 126 Å². The fraction of sp³-hybridized carbons (Fsp3) is 0.667. The van der Waals surface area contributed by atoms with E-state index in [1.807, 2.05) is 61.5 Å². The van der Waals surface area contributed by atoms with E-state index < -0.39 is 98.7 Å². The zero-order valence-corrected chi connectivity index (χ0v) is 47.0. The molecular weight excluding hydrogens is 1030 g/mol. The number of ether oxygens (including phenoxy) is 7. The topological polar surface area (TPSA) is 283 Å². The van der Waals surface area contributed by atoms with Gasteiger partial charge < -0.3 is 62.1 Å². The van der Waals surface area contributed by atoms with Gasteiger partial charge in [0.15, 0.2) is 0 Å². The van der Waals surface area contributed by atoms with Crippen LogP contribution in [0.4, 0.5) is 0 Å². The van der Waals surface area contributed by atoms with Crippen molar-refractivity contribution in [3.05, 3.63) is 52.8 Å². The van der Waals surface area contributed by atoms with E-state index >= 15 is 0 Å². The van der Waals surface area contributed by atoms with Crippen LogP contribution in [0.2, 0.25) is 0 Å². The minimum Gasteiger partial charge on any atom is -0.664 e. The fourth-order valence-electron chi connectivity index (χ4n) is 12.2. The fourth-order valence-corrected chi connectivity index (χ4v) is 12.2. The standard InChI is InChI=1S/C52H73N4O14.2CN.Co/c1-28-43-31(17-20-37(58)65-10)48(3,4)35(54-43)25-34-30(16-19-36(57)64-9)50(6,26-41(62)69-14)46(53-34)29(2)44-32(18-21-38(59)66-11)51(7,27-42(63)70-15)52(8,56-44)47-33(24-40(61)68-13)49(5,45(28)55-47)23-22-39(60)67-12;2*1-2;/h25,30-33,47H,16-24,26-27H2,1-15H3;;;/q3*-1;+3/t30-,31-,32-,33+,47-,49-,50+,51+,52+;;;/m1.../s1/i1+2,2+2,3+2,5+2,8+2;;;1+1/t30-,31-,32-,33+,47-,48+,49-,50+,51+,52+;;;. The minimum absolute atomic E-state index is 0. The van der Waals surface area contributed by atoms with E-state index in [1.54, 1.807) is 0 Å². The smallest absolute Gasteiger partial charge is 0.664 e. The Balaban J connectivity index is 0.00000376. The number of fused-ring (bicyclic) bond motifs is 6. The Labute approximate surface area is 451 Å². The third-order valence-corrected chi connectivity index (χ3v) is 16.7. The van der Waals surface area contributed by atoms with Crippen molar-refractivity contribution in [1.29, 1.82) is 10.5 Å². The summed E-state index contributed by atoms with van der Waals surface area (Å²) in [6.07, 6.45) is 2.21. The summed E-state index contributed by atoms with van der Waals surface area (Å²) in [4.78, 5) is 111. The van der Waals surface area contributed by atoms with E-state index in [1.165, 1.54) is 49.8 Å². The van der Waals surface area contributed by atoms with E-state index in [4.69, 9.17) is 77.1 Å². The molecule has 75 heavy (non-hydrogen) atoms. The first-order valence-electron chi connectivity index (χ1n) is 24.4. The number of allylic oxidation sites excluding steroid dienone is 6. The number of aliphatic imine (C=N–C) groups is 3. The first-order chi connectivity index (χ1) is 34.8. The average Bonchev–Trinajstić information content (AvgIpc) is 4.01. The van der Waals surface area contributed by atoms with Crippen LogP contribution in [-0.4, -0.2) is 120 Å². The van der Waals surface area contributed by atoms with Gasteiger partial charge in [0.25, 0.3) is 0 Å². The molecule has 0 aromatic heterocycles. The molecule has 1 saturated heterocycles. The zero-order valence-electron chi connectivity index (χ0n) is 46.0. The van der Waals surface area contributed by atoms with E-state index in [2.05, 4.69) is 0 Å². The van der Waals surface area contributed by atoms with Crippen molar-refractivity contribution < 1.29 is 83.5 Å². The molecule has 5 aliphatic rings. The molecule has 0 unspecified atom stereocenters. The molecule has 0 saturated carbocycles. The minimum atomic E-state index is -1.38. The predicted octanol–water partition coefficient (Wildman–Crippen LogP) is 7.51. The van der Waals surface area contributed by atoms with Crippen LogP contribution < -0.4 is 0 Å². The molecule has 5 rings (SSSR count). The summed E-state index contributed by atoms with van der Waals surface area (Å²) in [6.45, 7) is 25.1. The van der Waals surface area contributed by atoms with Gasteiger partial charge in [-0.3, -0.25) is 48.5 Å². The van der Waals surface area contributed by atoms with Gasteiger partial charge in [-0.2, -0.15) is 5.70 Å². The third kappa shape index (κ3) is 12.6. The number of hydrogen-bond acceptors (Lipinski definition) is 19. The van der Waals surface area contributed by atoms with Crippen molar-refractivity contribution in [3.8, 4) is 0 Å². The molecule has 412 valence electrons. The van der Waals surface area contributed by atoms with Gasteiger partial charge in [-0.05, 0) is 68.9 Å². The molecule has 0 N–H and O–H groups in total. The number of esters is 7. The zero-order chi connectivity index (χ0) is 56.3. The molecule has 0 radical (unpaired) electrons. The summed E-state index contributed by atoms with van der Waals surface area (Å²) < 4.78 is 36.7. The van der Waals surface area contributed by atoms with Gasteiger partial charge in [-0.1, -0.05) is 40.7 Å². The summed E-state index contributed by atoms with van der Waals surface area (Å²) in [5.41, 5.74) is -0.993. The number of carbonyl (C=O) groups is 7. The predicted molar refractivity (Wildman–Crippen MR) is 268 cm³/mol. The molecule has 8 bridgehead atoms. The maximum absolute atomic E-state index is 14.0. The van der Waals surface area contributed by atoms with Crippen molar-refractivity contribution in [2.75, 3.05) is 49.8 Å². The van der Waals surface area contributed by atoms with Gasteiger partial charge >= 0.3 is 58.6 Å². The van der Waals surface area contributed by atoms with Crippen LogP contribution in [0.15, 0.2) is 49.3 Å². The van der Waals surface area contributed by atoms with Gasteiger partial charge in [-0.15, -0.1) is 5.70 Å².